The van der Waals surface area contributed by atoms with Crippen molar-refractivity contribution in [3.05, 3.63) is 0 Å². The second-order valence-electron chi connectivity index (χ2n) is 1.08. The van der Waals surface area contributed by atoms with Crippen LogP contribution in [0.4, 0.5) is 0 Å². The van der Waals surface area contributed by atoms with Crippen molar-refractivity contribution in [3.63, 3.8) is 0 Å². The fourth-order valence-electron chi connectivity index (χ4n) is 0.237. The van der Waals surface area contributed by atoms with Gasteiger partial charge in [-0.1, -0.05) is 0 Å². The van der Waals surface area contributed by atoms with Crippen molar-refractivity contribution in [2.24, 2.45) is 0 Å². The van der Waals surface area contributed by atoms with Gasteiger partial charge in [0.2, 0.25) is 0 Å². The Labute approximate surface area is 47.7 Å². The van der Waals surface area contributed by atoms with E-state index in [1.807, 2.05) is 0 Å². The minimum atomic E-state index is 0.504. The second-order valence-corrected chi connectivity index (χ2v) is 1.08. The minimum Gasteiger partial charge on any atom is -0.322 e. The Kier molecular flexibility index (Phi) is 4.59. The monoisotopic (exact) mass is 110 g/mol. The third kappa shape index (κ3) is 4.58. The maximum absolute atomic E-state index is 7.89. The van der Waals surface area contributed by atoms with Crippen molar-refractivity contribution >= 4 is 0 Å². The van der Waals surface area contributed by atoms with Crippen LogP contribution < -0.4 is 10.6 Å². The number of hydrogen-bond donors (Lipinski definition) is 2. The number of rotatable bonds is 3. The van der Waals surface area contributed by atoms with Gasteiger partial charge in [0.15, 0.2) is 12.4 Å². The summed E-state index contributed by atoms with van der Waals surface area (Å²) >= 11 is 0. The Hall–Kier alpha value is -1.42. The second kappa shape index (κ2) is 5.58. The SMILES string of the molecule is N#CNCCNC#N. The predicted molar refractivity (Wildman–Crippen MR) is 27.2 cm³/mol. The van der Waals surface area contributed by atoms with Gasteiger partial charge in [-0.3, -0.25) is 0 Å². The Balaban J connectivity index is 2.77. The highest BCUT2D eigenvalue weighted by Crippen LogP contribution is 1.50. The molecule has 0 spiro atoms. The number of nitrogens with zero attached hydrogens (tertiary/aromatic N) is 2. The molecule has 0 aliphatic rings. The highest BCUT2D eigenvalue weighted by Gasteiger charge is 1.77. The fraction of sp³-hybridized carbons (Fsp3) is 0.500. The van der Waals surface area contributed by atoms with Crippen LogP contribution in [-0.2, 0) is 0 Å². The van der Waals surface area contributed by atoms with Crippen molar-refractivity contribution in [3.8, 4) is 12.4 Å². The molecule has 8 heavy (non-hydrogen) atoms. The zero-order valence-corrected chi connectivity index (χ0v) is 4.31. The molecule has 42 valence electrons. The molecule has 0 aliphatic carbocycles. The van der Waals surface area contributed by atoms with E-state index in [4.69, 9.17) is 10.5 Å². The molecule has 2 N–H and O–H groups in total. The largest absolute Gasteiger partial charge is 0.322 e. The number of nitriles is 2. The molecule has 0 aromatic heterocycles. The summed E-state index contributed by atoms with van der Waals surface area (Å²) in [6, 6.07) is 0. The summed E-state index contributed by atoms with van der Waals surface area (Å²) in [7, 11) is 0. The Bertz CT molecular complexity index is 101. The lowest BCUT2D eigenvalue weighted by Crippen LogP contribution is -2.20. The van der Waals surface area contributed by atoms with Crippen molar-refractivity contribution in [2.45, 2.75) is 0 Å². The molecule has 0 amide bonds. The molecular formula is C4H6N4. The zero-order valence-electron chi connectivity index (χ0n) is 4.31. The van der Waals surface area contributed by atoms with E-state index in [9.17, 15) is 0 Å². The van der Waals surface area contributed by atoms with Crippen LogP contribution in [0.5, 0.6) is 0 Å². The van der Waals surface area contributed by atoms with E-state index in [0.29, 0.717) is 13.1 Å². The molecule has 0 aromatic carbocycles. The maximum Gasteiger partial charge on any atom is 0.176 e. The molecule has 0 radical (unpaired) electrons. The quantitative estimate of drug-likeness (QED) is 0.281. The topological polar surface area (TPSA) is 71.6 Å². The normalized spacial score (nSPS) is 6.25. The van der Waals surface area contributed by atoms with E-state index in [0.717, 1.165) is 0 Å². The predicted octanol–water partition coefficient (Wildman–Crippen LogP) is -0.872. The average Bonchev–Trinajstić information content (AvgIpc) is 1.81. The summed E-state index contributed by atoms with van der Waals surface area (Å²) < 4.78 is 0. The van der Waals surface area contributed by atoms with Gasteiger partial charge in [0, 0.05) is 13.1 Å². The average molecular weight is 110 g/mol. The van der Waals surface area contributed by atoms with Crippen molar-refractivity contribution in [2.75, 3.05) is 13.1 Å². The Morgan fingerprint density at radius 2 is 1.38 bits per heavy atom. The summed E-state index contributed by atoms with van der Waals surface area (Å²) in [5, 5.41) is 20.5. The van der Waals surface area contributed by atoms with Gasteiger partial charge in [0.25, 0.3) is 0 Å². The smallest absolute Gasteiger partial charge is 0.176 e. The molecule has 4 nitrogen and oxygen atoms in total. The lowest BCUT2D eigenvalue weighted by atomic mass is 10.6. The summed E-state index contributed by atoms with van der Waals surface area (Å²) in [6.07, 6.45) is 3.45. The lowest BCUT2D eigenvalue weighted by Gasteiger charge is -1.90. The van der Waals surface area contributed by atoms with Crippen LogP contribution >= 0.6 is 0 Å². The van der Waals surface area contributed by atoms with E-state index < -0.39 is 0 Å². The molecule has 4 heteroatoms. The summed E-state index contributed by atoms with van der Waals surface area (Å²) in [5.41, 5.74) is 0. The first-order valence-electron chi connectivity index (χ1n) is 2.15. The molecule has 0 bridgehead atoms. The number of nitrogens with one attached hydrogen (secondary N) is 2. The summed E-state index contributed by atoms with van der Waals surface area (Å²) in [4.78, 5) is 0. The van der Waals surface area contributed by atoms with Gasteiger partial charge >= 0.3 is 0 Å². The van der Waals surface area contributed by atoms with E-state index in [-0.39, 0.29) is 0 Å². The van der Waals surface area contributed by atoms with Gasteiger partial charge in [-0.15, -0.1) is 0 Å². The van der Waals surface area contributed by atoms with Gasteiger partial charge in [-0.05, 0) is 0 Å². The van der Waals surface area contributed by atoms with E-state index >= 15 is 0 Å². The van der Waals surface area contributed by atoms with E-state index in [2.05, 4.69) is 10.6 Å². The number of hydrogen-bond acceptors (Lipinski definition) is 4. The van der Waals surface area contributed by atoms with Crippen LogP contribution in [-0.4, -0.2) is 13.1 Å². The van der Waals surface area contributed by atoms with Crippen LogP contribution in [0.25, 0.3) is 0 Å². The molecule has 0 atom stereocenters. The molecule has 0 aromatic rings. The van der Waals surface area contributed by atoms with Gasteiger partial charge in [0.1, 0.15) is 0 Å². The van der Waals surface area contributed by atoms with Crippen LogP contribution in [0, 0.1) is 22.9 Å². The van der Waals surface area contributed by atoms with E-state index in [1.165, 1.54) is 0 Å². The molecule has 0 rings (SSSR count). The van der Waals surface area contributed by atoms with Crippen LogP contribution in [0.2, 0.25) is 0 Å². The first-order chi connectivity index (χ1) is 3.91. The summed E-state index contributed by atoms with van der Waals surface area (Å²) in [5.74, 6) is 0. The first-order valence-corrected chi connectivity index (χ1v) is 2.15. The van der Waals surface area contributed by atoms with Gasteiger partial charge in [0.05, 0.1) is 0 Å². The fourth-order valence-corrected chi connectivity index (χ4v) is 0.237. The van der Waals surface area contributed by atoms with Crippen molar-refractivity contribution in [1.29, 1.82) is 10.5 Å². The van der Waals surface area contributed by atoms with Crippen LogP contribution in [0.1, 0.15) is 0 Å². The Morgan fingerprint density at radius 1 is 1.00 bits per heavy atom. The standard InChI is InChI=1S/C4H6N4/c5-3-7-1-2-8-4-6/h7-8H,1-2H2. The molecule has 0 heterocycles. The molecule has 0 saturated carbocycles. The highest BCUT2D eigenvalue weighted by atomic mass is 14.9. The zero-order chi connectivity index (χ0) is 6.24. The Morgan fingerprint density at radius 3 is 1.62 bits per heavy atom. The summed E-state index contributed by atoms with van der Waals surface area (Å²) in [6.45, 7) is 1.01. The third-order valence-corrected chi connectivity index (χ3v) is 0.533. The van der Waals surface area contributed by atoms with E-state index in [1.54, 1.807) is 12.4 Å². The van der Waals surface area contributed by atoms with Crippen LogP contribution in [0.15, 0.2) is 0 Å². The molecule has 0 saturated heterocycles. The third-order valence-electron chi connectivity index (χ3n) is 0.533. The van der Waals surface area contributed by atoms with Gasteiger partial charge in [-0.2, -0.15) is 10.5 Å². The highest BCUT2D eigenvalue weighted by molar-refractivity contribution is 4.69. The molecule has 0 unspecified atom stereocenters. The van der Waals surface area contributed by atoms with Crippen molar-refractivity contribution in [1.82, 2.24) is 10.6 Å². The van der Waals surface area contributed by atoms with Gasteiger partial charge in [-0.25, -0.2) is 0 Å². The van der Waals surface area contributed by atoms with Crippen molar-refractivity contribution < 1.29 is 0 Å². The first kappa shape index (κ1) is 6.58. The van der Waals surface area contributed by atoms with Crippen LogP contribution in [0.3, 0.4) is 0 Å². The molecule has 0 fully saturated rings. The minimum absolute atomic E-state index is 0.504. The molecule has 0 aliphatic heterocycles. The molecular weight excluding hydrogens is 104 g/mol. The maximum atomic E-state index is 7.89. The van der Waals surface area contributed by atoms with Gasteiger partial charge < -0.3 is 10.6 Å². The lowest BCUT2D eigenvalue weighted by molar-refractivity contribution is 0.782.